The van der Waals surface area contributed by atoms with Crippen molar-refractivity contribution in [2.24, 2.45) is 0 Å². The van der Waals surface area contributed by atoms with E-state index >= 15 is 0 Å². The van der Waals surface area contributed by atoms with Crippen LogP contribution in [-0.2, 0) is 6.73 Å². The first-order valence-corrected chi connectivity index (χ1v) is 8.32. The highest BCUT2D eigenvalue weighted by atomic mass is 16.3. The van der Waals surface area contributed by atoms with Crippen molar-refractivity contribution in [1.29, 1.82) is 0 Å². The van der Waals surface area contributed by atoms with Crippen LogP contribution in [0.4, 0.5) is 17.5 Å². The van der Waals surface area contributed by atoms with Gasteiger partial charge >= 0.3 is 0 Å². The molecule has 0 amide bonds. The molecule has 1 saturated heterocycles. The fraction of sp³-hybridized carbons (Fsp3) is 0.353. The molecule has 0 saturated carbocycles. The minimum absolute atomic E-state index is 0.110. The first kappa shape index (κ1) is 15.8. The number of aromatic nitrogens is 4. The van der Waals surface area contributed by atoms with Gasteiger partial charge in [-0.05, 0) is 25.2 Å². The third-order valence-electron chi connectivity index (χ3n) is 4.49. The molecule has 4 rings (SSSR count). The molecule has 2 N–H and O–H groups in total. The standard InChI is InChI=1S/C17H21N7O/c1-22-6-8-23(9-7-22)15-3-2-14(11-18-15)20-17-19-10-13-4-5-24(12-25)16(13)21-17/h2-5,10-11,25H,6-9,12H2,1H3,(H,19,20,21). The Balaban J connectivity index is 1.49. The Morgan fingerprint density at radius 3 is 2.64 bits per heavy atom. The molecule has 0 unspecified atom stereocenters. The zero-order valence-corrected chi connectivity index (χ0v) is 14.1. The minimum Gasteiger partial charge on any atom is -0.376 e. The van der Waals surface area contributed by atoms with Gasteiger partial charge in [-0.1, -0.05) is 0 Å². The van der Waals surface area contributed by atoms with Crippen molar-refractivity contribution in [1.82, 2.24) is 24.4 Å². The molecule has 1 aliphatic heterocycles. The number of aliphatic hydroxyl groups is 1. The van der Waals surface area contributed by atoms with E-state index in [2.05, 4.69) is 37.1 Å². The first-order chi connectivity index (χ1) is 12.2. The van der Waals surface area contributed by atoms with Crippen LogP contribution in [0.1, 0.15) is 0 Å². The van der Waals surface area contributed by atoms with Crippen molar-refractivity contribution >= 4 is 28.5 Å². The summed E-state index contributed by atoms with van der Waals surface area (Å²) in [5, 5.41) is 13.4. The summed E-state index contributed by atoms with van der Waals surface area (Å²) < 4.78 is 1.66. The summed E-state index contributed by atoms with van der Waals surface area (Å²) in [6.07, 6.45) is 5.32. The zero-order chi connectivity index (χ0) is 17.2. The maximum Gasteiger partial charge on any atom is 0.229 e. The number of hydrogen-bond donors (Lipinski definition) is 2. The lowest BCUT2D eigenvalue weighted by atomic mass is 10.3. The van der Waals surface area contributed by atoms with Gasteiger partial charge in [0, 0.05) is 44.0 Å². The smallest absolute Gasteiger partial charge is 0.229 e. The average molecular weight is 339 g/mol. The highest BCUT2D eigenvalue weighted by Gasteiger charge is 2.15. The summed E-state index contributed by atoms with van der Waals surface area (Å²) in [6, 6.07) is 5.88. The van der Waals surface area contributed by atoms with E-state index in [4.69, 9.17) is 0 Å². The van der Waals surface area contributed by atoms with Gasteiger partial charge in [0.15, 0.2) is 0 Å². The molecule has 0 radical (unpaired) electrons. The van der Waals surface area contributed by atoms with Gasteiger partial charge in [-0.25, -0.2) is 9.97 Å². The van der Waals surface area contributed by atoms with E-state index in [-0.39, 0.29) is 6.73 Å². The number of nitrogens with zero attached hydrogens (tertiary/aromatic N) is 6. The van der Waals surface area contributed by atoms with Crippen LogP contribution in [0.15, 0.2) is 36.8 Å². The van der Waals surface area contributed by atoms with E-state index in [9.17, 15) is 5.11 Å². The van der Waals surface area contributed by atoms with Crippen LogP contribution in [0, 0.1) is 0 Å². The molecule has 1 aliphatic rings. The van der Waals surface area contributed by atoms with Gasteiger partial charge in [0.05, 0.1) is 11.9 Å². The van der Waals surface area contributed by atoms with E-state index in [1.54, 1.807) is 23.2 Å². The Kier molecular flexibility index (Phi) is 4.21. The topological polar surface area (TPSA) is 82.3 Å². The van der Waals surface area contributed by atoms with Crippen LogP contribution >= 0.6 is 0 Å². The number of nitrogens with one attached hydrogen (secondary N) is 1. The predicted molar refractivity (Wildman–Crippen MR) is 97.0 cm³/mol. The van der Waals surface area contributed by atoms with Crippen molar-refractivity contribution in [3.63, 3.8) is 0 Å². The van der Waals surface area contributed by atoms with Crippen LogP contribution in [0.3, 0.4) is 0 Å². The van der Waals surface area contributed by atoms with E-state index in [0.717, 1.165) is 43.1 Å². The number of fused-ring (bicyclic) bond motifs is 1. The third kappa shape index (κ3) is 3.26. The fourth-order valence-electron chi connectivity index (χ4n) is 2.96. The molecule has 8 heteroatoms. The van der Waals surface area contributed by atoms with Gasteiger partial charge in [0.25, 0.3) is 0 Å². The van der Waals surface area contributed by atoms with Gasteiger partial charge in [0.2, 0.25) is 5.95 Å². The molecule has 3 aromatic heterocycles. The van der Waals surface area contributed by atoms with Crippen LogP contribution in [0.25, 0.3) is 11.0 Å². The Morgan fingerprint density at radius 2 is 1.92 bits per heavy atom. The third-order valence-corrected chi connectivity index (χ3v) is 4.49. The maximum atomic E-state index is 9.34. The second-order valence-corrected chi connectivity index (χ2v) is 6.22. The van der Waals surface area contributed by atoms with Crippen molar-refractivity contribution in [2.45, 2.75) is 6.73 Å². The number of aliphatic hydroxyl groups excluding tert-OH is 1. The molecule has 1 fully saturated rings. The lowest BCUT2D eigenvalue weighted by Crippen LogP contribution is -2.44. The molecule has 0 atom stereocenters. The van der Waals surface area contributed by atoms with E-state index in [1.165, 1.54) is 0 Å². The largest absolute Gasteiger partial charge is 0.376 e. The number of likely N-dealkylation sites (N-methyl/N-ethyl adjacent to an activating group) is 1. The Morgan fingerprint density at radius 1 is 1.08 bits per heavy atom. The Hall–Kier alpha value is -2.71. The predicted octanol–water partition coefficient (Wildman–Crippen LogP) is 1.27. The number of piperazine rings is 1. The molecule has 130 valence electrons. The molecule has 8 nitrogen and oxygen atoms in total. The lowest BCUT2D eigenvalue weighted by Gasteiger charge is -2.33. The SMILES string of the molecule is CN1CCN(c2ccc(Nc3ncc4ccn(CO)c4n3)cn2)CC1. The highest BCUT2D eigenvalue weighted by molar-refractivity contribution is 5.76. The molecular formula is C17H21N7O. The number of anilines is 3. The van der Waals surface area contributed by atoms with Crippen LogP contribution in [-0.4, -0.2) is 62.8 Å². The zero-order valence-electron chi connectivity index (χ0n) is 14.1. The van der Waals surface area contributed by atoms with E-state index in [0.29, 0.717) is 11.6 Å². The van der Waals surface area contributed by atoms with E-state index < -0.39 is 0 Å². The molecule has 4 heterocycles. The quantitative estimate of drug-likeness (QED) is 0.741. The van der Waals surface area contributed by atoms with Gasteiger partial charge in [0.1, 0.15) is 18.2 Å². The molecule has 0 spiro atoms. The average Bonchev–Trinajstić information content (AvgIpc) is 3.05. The maximum absolute atomic E-state index is 9.34. The summed E-state index contributed by atoms with van der Waals surface area (Å²) in [6.45, 7) is 3.99. The molecule has 0 bridgehead atoms. The number of pyridine rings is 1. The summed E-state index contributed by atoms with van der Waals surface area (Å²) in [4.78, 5) is 17.9. The van der Waals surface area contributed by atoms with Crippen LogP contribution < -0.4 is 10.2 Å². The van der Waals surface area contributed by atoms with Gasteiger partial charge in [-0.2, -0.15) is 4.98 Å². The van der Waals surface area contributed by atoms with Gasteiger partial charge in [-0.15, -0.1) is 0 Å². The van der Waals surface area contributed by atoms with Crippen molar-refractivity contribution in [3.05, 3.63) is 36.8 Å². The monoisotopic (exact) mass is 339 g/mol. The first-order valence-electron chi connectivity index (χ1n) is 8.32. The summed E-state index contributed by atoms with van der Waals surface area (Å²) in [5.74, 6) is 1.47. The molecule has 25 heavy (non-hydrogen) atoms. The summed E-state index contributed by atoms with van der Waals surface area (Å²) in [7, 11) is 2.14. The van der Waals surface area contributed by atoms with Crippen molar-refractivity contribution in [2.75, 3.05) is 43.4 Å². The molecule has 3 aromatic rings. The van der Waals surface area contributed by atoms with Crippen LogP contribution in [0.5, 0.6) is 0 Å². The fourth-order valence-corrected chi connectivity index (χ4v) is 2.96. The normalized spacial score (nSPS) is 15.7. The van der Waals surface area contributed by atoms with Gasteiger partial charge in [-0.3, -0.25) is 0 Å². The number of hydrogen-bond acceptors (Lipinski definition) is 7. The van der Waals surface area contributed by atoms with Crippen LogP contribution in [0.2, 0.25) is 0 Å². The Bertz CT molecular complexity index is 853. The Labute approximate surface area is 145 Å². The minimum atomic E-state index is -0.110. The number of rotatable bonds is 4. The van der Waals surface area contributed by atoms with Gasteiger partial charge < -0.3 is 24.8 Å². The molecule has 0 aromatic carbocycles. The lowest BCUT2D eigenvalue weighted by molar-refractivity contribution is 0.215. The highest BCUT2D eigenvalue weighted by Crippen LogP contribution is 2.19. The second kappa shape index (κ2) is 6.66. The molecule has 0 aliphatic carbocycles. The van der Waals surface area contributed by atoms with Crippen molar-refractivity contribution in [3.8, 4) is 0 Å². The second-order valence-electron chi connectivity index (χ2n) is 6.22. The van der Waals surface area contributed by atoms with E-state index in [1.807, 2.05) is 18.2 Å². The van der Waals surface area contributed by atoms with Crippen molar-refractivity contribution < 1.29 is 5.11 Å². The summed E-state index contributed by atoms with van der Waals surface area (Å²) in [5.41, 5.74) is 1.53. The summed E-state index contributed by atoms with van der Waals surface area (Å²) >= 11 is 0. The molecular weight excluding hydrogens is 318 g/mol.